The van der Waals surface area contributed by atoms with E-state index in [9.17, 15) is 4.79 Å². The van der Waals surface area contributed by atoms with Gasteiger partial charge in [0.15, 0.2) is 0 Å². The normalized spacial score (nSPS) is 11.2. The Hall–Kier alpha value is -3.26. The lowest BCUT2D eigenvalue weighted by Gasteiger charge is -2.19. The summed E-state index contributed by atoms with van der Waals surface area (Å²) in [4.78, 5) is 11.8. The average molecular weight is 361 g/mol. The van der Waals surface area contributed by atoms with Crippen molar-refractivity contribution < 1.29 is 9.53 Å². The van der Waals surface area contributed by atoms with Crippen molar-refractivity contribution in [2.24, 2.45) is 0 Å². The highest BCUT2D eigenvalue weighted by atomic mass is 16.6. The van der Waals surface area contributed by atoms with Gasteiger partial charge in [0.05, 0.1) is 17.1 Å². The van der Waals surface area contributed by atoms with Gasteiger partial charge in [0.2, 0.25) is 0 Å². The van der Waals surface area contributed by atoms with Crippen LogP contribution in [0, 0.1) is 18.3 Å². The zero-order chi connectivity index (χ0) is 19.6. The molecule has 0 saturated carbocycles. The second-order valence-corrected chi connectivity index (χ2v) is 7.53. The highest BCUT2D eigenvalue weighted by Gasteiger charge is 2.16. The molecule has 0 atom stereocenters. The molecule has 0 radical (unpaired) electrons. The minimum atomic E-state index is -0.510. The summed E-state index contributed by atoms with van der Waals surface area (Å²) in [7, 11) is 0. The van der Waals surface area contributed by atoms with Gasteiger partial charge in [0.25, 0.3) is 0 Å². The first-order valence-corrected chi connectivity index (χ1v) is 8.85. The topological polar surface area (TPSA) is 67.0 Å². The molecule has 1 heterocycles. The van der Waals surface area contributed by atoms with Crippen LogP contribution in [-0.4, -0.2) is 16.3 Å². The summed E-state index contributed by atoms with van der Waals surface area (Å²) in [6.07, 6.45) is -0.422. The Balaban J connectivity index is 1.83. The lowest BCUT2D eigenvalue weighted by molar-refractivity contribution is 0.0523. The Kier molecular flexibility index (Phi) is 4.91. The Morgan fingerprint density at radius 3 is 2.48 bits per heavy atom. The molecule has 0 spiro atoms. The molecular formula is C22H23N3O2. The van der Waals surface area contributed by atoms with Crippen molar-refractivity contribution in [2.45, 2.75) is 39.8 Å². The number of aromatic nitrogens is 1. The number of hydrogen-bond acceptors (Lipinski definition) is 3. The van der Waals surface area contributed by atoms with Crippen molar-refractivity contribution in [1.82, 2.24) is 9.88 Å². The largest absolute Gasteiger partial charge is 0.444 e. The molecule has 1 aromatic heterocycles. The summed E-state index contributed by atoms with van der Waals surface area (Å²) >= 11 is 0. The number of fused-ring (bicyclic) bond motifs is 1. The molecule has 2 aromatic carbocycles. The van der Waals surface area contributed by atoms with E-state index in [1.54, 1.807) is 0 Å². The fourth-order valence-corrected chi connectivity index (χ4v) is 3.03. The molecule has 0 aliphatic rings. The smallest absolute Gasteiger partial charge is 0.407 e. The average Bonchev–Trinajstić information content (AvgIpc) is 2.93. The van der Waals surface area contributed by atoms with Crippen molar-refractivity contribution in [3.05, 3.63) is 65.4 Å². The van der Waals surface area contributed by atoms with Crippen LogP contribution in [0.2, 0.25) is 0 Å². The minimum absolute atomic E-state index is 0.409. The summed E-state index contributed by atoms with van der Waals surface area (Å²) in [5.74, 6) is 0. The van der Waals surface area contributed by atoms with Crippen molar-refractivity contribution in [3.8, 4) is 11.8 Å². The van der Waals surface area contributed by atoms with E-state index < -0.39 is 11.7 Å². The number of carbonyl (C=O) groups excluding carboxylic acids is 1. The first-order chi connectivity index (χ1) is 12.8. The molecule has 1 amide bonds. The van der Waals surface area contributed by atoms with E-state index in [1.165, 1.54) is 0 Å². The van der Waals surface area contributed by atoms with Crippen molar-refractivity contribution in [3.63, 3.8) is 0 Å². The number of nitriles is 1. The van der Waals surface area contributed by atoms with Crippen LogP contribution in [0.25, 0.3) is 16.6 Å². The van der Waals surface area contributed by atoms with Crippen molar-refractivity contribution in [2.75, 3.05) is 0 Å². The predicted octanol–water partition coefficient (Wildman–Crippen LogP) is 4.84. The molecule has 0 unspecified atom stereocenters. The SMILES string of the molecule is Cc1cc2cc(CNC(=O)OC(C)(C)C)ccc2n1-c1ccc(C#N)cc1. The molecule has 27 heavy (non-hydrogen) atoms. The zero-order valence-corrected chi connectivity index (χ0v) is 16.0. The molecule has 0 aliphatic carbocycles. The second kappa shape index (κ2) is 7.16. The molecular weight excluding hydrogens is 338 g/mol. The van der Waals surface area contributed by atoms with Gasteiger partial charge in [0, 0.05) is 23.3 Å². The third-order valence-electron chi connectivity index (χ3n) is 4.14. The molecule has 138 valence electrons. The molecule has 0 bridgehead atoms. The summed E-state index contributed by atoms with van der Waals surface area (Å²) in [6, 6.07) is 17.9. The number of alkyl carbamates (subject to hydrolysis) is 1. The van der Waals surface area contributed by atoms with Gasteiger partial charge in [-0.3, -0.25) is 0 Å². The summed E-state index contributed by atoms with van der Waals surface area (Å²) < 4.78 is 7.42. The maximum absolute atomic E-state index is 11.8. The number of ether oxygens (including phenoxy) is 1. The van der Waals surface area contributed by atoms with E-state index in [4.69, 9.17) is 10.00 Å². The third-order valence-corrected chi connectivity index (χ3v) is 4.14. The number of nitrogens with one attached hydrogen (secondary N) is 1. The van der Waals surface area contributed by atoms with Crippen LogP contribution in [0.1, 0.15) is 37.6 Å². The van der Waals surface area contributed by atoms with E-state index in [0.29, 0.717) is 12.1 Å². The summed E-state index contributed by atoms with van der Waals surface area (Å²) in [5, 5.41) is 12.9. The monoisotopic (exact) mass is 361 g/mol. The summed E-state index contributed by atoms with van der Waals surface area (Å²) in [5.41, 5.74) is 4.34. The zero-order valence-electron chi connectivity index (χ0n) is 16.0. The number of aryl methyl sites for hydroxylation is 1. The Morgan fingerprint density at radius 2 is 1.85 bits per heavy atom. The number of hydrogen-bond donors (Lipinski definition) is 1. The van der Waals surface area contributed by atoms with Gasteiger partial charge in [0.1, 0.15) is 5.60 Å². The maximum Gasteiger partial charge on any atom is 0.407 e. The maximum atomic E-state index is 11.8. The predicted molar refractivity (Wildman–Crippen MR) is 106 cm³/mol. The fraction of sp³-hybridized carbons (Fsp3) is 0.273. The van der Waals surface area contributed by atoms with Crippen LogP contribution >= 0.6 is 0 Å². The van der Waals surface area contributed by atoms with Crippen LogP contribution in [0.3, 0.4) is 0 Å². The van der Waals surface area contributed by atoms with E-state index in [2.05, 4.69) is 35.0 Å². The number of benzene rings is 2. The minimum Gasteiger partial charge on any atom is -0.444 e. The number of rotatable bonds is 3. The van der Waals surface area contributed by atoms with Gasteiger partial charge >= 0.3 is 6.09 Å². The van der Waals surface area contributed by atoms with Crippen molar-refractivity contribution in [1.29, 1.82) is 5.26 Å². The first-order valence-electron chi connectivity index (χ1n) is 8.85. The van der Waals surface area contributed by atoms with Gasteiger partial charge in [-0.1, -0.05) is 6.07 Å². The van der Waals surface area contributed by atoms with Crippen molar-refractivity contribution >= 4 is 17.0 Å². The highest BCUT2D eigenvalue weighted by molar-refractivity contribution is 5.84. The fourth-order valence-electron chi connectivity index (χ4n) is 3.03. The van der Waals surface area contributed by atoms with Gasteiger partial charge < -0.3 is 14.6 Å². The number of nitrogens with zero attached hydrogens (tertiary/aromatic N) is 2. The van der Waals surface area contributed by atoms with Gasteiger partial charge in [-0.15, -0.1) is 0 Å². The van der Waals surface area contributed by atoms with E-state index in [1.807, 2.05) is 57.2 Å². The van der Waals surface area contributed by atoms with Crippen LogP contribution in [0.4, 0.5) is 4.79 Å². The third kappa shape index (κ3) is 4.29. The van der Waals surface area contributed by atoms with E-state index in [0.717, 1.165) is 27.8 Å². The lowest BCUT2D eigenvalue weighted by atomic mass is 10.1. The standard InChI is InChI=1S/C22H23N3O2/c1-15-11-18-12-17(14-24-21(26)27-22(2,3)4)7-10-20(18)25(15)19-8-5-16(13-23)6-9-19/h5-12H,14H2,1-4H3,(H,24,26). The van der Waals surface area contributed by atoms with Crippen LogP contribution < -0.4 is 5.32 Å². The molecule has 1 N–H and O–H groups in total. The molecule has 0 saturated heterocycles. The van der Waals surface area contributed by atoms with Crippen LogP contribution in [0.5, 0.6) is 0 Å². The van der Waals surface area contributed by atoms with Gasteiger partial charge in [-0.25, -0.2) is 4.79 Å². The summed E-state index contributed by atoms with van der Waals surface area (Å²) in [6.45, 7) is 7.98. The Morgan fingerprint density at radius 1 is 1.15 bits per heavy atom. The molecule has 0 fully saturated rings. The molecule has 3 rings (SSSR count). The Labute approximate surface area is 159 Å². The molecule has 3 aromatic rings. The van der Waals surface area contributed by atoms with Gasteiger partial charge in [-0.05, 0) is 75.7 Å². The number of amides is 1. The second-order valence-electron chi connectivity index (χ2n) is 7.53. The first kappa shape index (κ1) is 18.5. The van der Waals surface area contributed by atoms with Crippen LogP contribution in [-0.2, 0) is 11.3 Å². The quantitative estimate of drug-likeness (QED) is 0.726. The van der Waals surface area contributed by atoms with E-state index in [-0.39, 0.29) is 0 Å². The van der Waals surface area contributed by atoms with E-state index >= 15 is 0 Å². The number of carbonyl (C=O) groups is 1. The van der Waals surface area contributed by atoms with Crippen LogP contribution in [0.15, 0.2) is 48.5 Å². The molecule has 0 aliphatic heterocycles. The lowest BCUT2D eigenvalue weighted by Crippen LogP contribution is -2.32. The molecule has 5 heteroatoms. The Bertz CT molecular complexity index is 1020. The molecule has 5 nitrogen and oxygen atoms in total. The highest BCUT2D eigenvalue weighted by Crippen LogP contribution is 2.25. The van der Waals surface area contributed by atoms with Gasteiger partial charge in [-0.2, -0.15) is 5.26 Å².